The van der Waals surface area contributed by atoms with Crippen LogP contribution < -0.4 is 10.1 Å². The Hall–Kier alpha value is -1.88. The number of hydrogen-bond acceptors (Lipinski definition) is 3. The molecule has 4 rings (SSSR count). The van der Waals surface area contributed by atoms with Crippen molar-refractivity contribution in [3.05, 3.63) is 52.0 Å². The second-order valence-corrected chi connectivity index (χ2v) is 6.54. The van der Waals surface area contributed by atoms with Crippen molar-refractivity contribution in [1.29, 1.82) is 0 Å². The normalized spacial score (nSPS) is 26.5. The summed E-state index contributed by atoms with van der Waals surface area (Å²) in [6, 6.07) is 8.47. The molecule has 4 atom stereocenters. The summed E-state index contributed by atoms with van der Waals surface area (Å²) in [5, 5.41) is 5.01. The molecule has 0 radical (unpaired) electrons. The predicted octanol–water partition coefficient (Wildman–Crippen LogP) is 3.24. The van der Waals surface area contributed by atoms with Crippen LogP contribution in [0.5, 0.6) is 5.75 Å². The van der Waals surface area contributed by atoms with E-state index in [4.69, 9.17) is 4.74 Å². The third kappa shape index (κ3) is 2.03. The summed E-state index contributed by atoms with van der Waals surface area (Å²) in [5.74, 6) is 0.228. The minimum Gasteiger partial charge on any atom is -0.489 e. The van der Waals surface area contributed by atoms with Gasteiger partial charge in [-0.1, -0.05) is 6.07 Å². The Morgan fingerprint density at radius 3 is 3.05 bits per heavy atom. The number of nitrogens with one attached hydrogen (secondary N) is 1. The Balaban J connectivity index is 1.47. The third-order valence-electron chi connectivity index (χ3n) is 4.18. The molecule has 1 aromatic heterocycles. The first-order valence-electron chi connectivity index (χ1n) is 6.95. The molecule has 4 unspecified atom stereocenters. The molecule has 2 aliphatic rings. The van der Waals surface area contributed by atoms with Crippen LogP contribution in [-0.2, 0) is 4.79 Å². The zero-order chi connectivity index (χ0) is 14.6. The van der Waals surface area contributed by atoms with Crippen LogP contribution >= 0.6 is 11.3 Å². The molecule has 1 amide bonds. The molecule has 1 aliphatic carbocycles. The number of hydrogen-bond donors (Lipinski definition) is 1. The molecule has 0 saturated heterocycles. The van der Waals surface area contributed by atoms with E-state index in [0.717, 1.165) is 10.4 Å². The molecule has 1 aliphatic heterocycles. The lowest BCUT2D eigenvalue weighted by molar-refractivity contribution is -0.123. The van der Waals surface area contributed by atoms with Gasteiger partial charge in [-0.05, 0) is 36.6 Å². The summed E-state index contributed by atoms with van der Waals surface area (Å²) in [7, 11) is 0. The molecule has 1 N–H and O–H groups in total. The van der Waals surface area contributed by atoms with Gasteiger partial charge < -0.3 is 10.1 Å². The lowest BCUT2D eigenvalue weighted by atomic mass is 10.1. The molecule has 5 heteroatoms. The zero-order valence-electron chi connectivity index (χ0n) is 11.4. The number of carbonyl (C=O) groups is 1. The van der Waals surface area contributed by atoms with E-state index < -0.39 is 0 Å². The molecule has 1 aromatic carbocycles. The highest BCUT2D eigenvalue weighted by Crippen LogP contribution is 2.58. The topological polar surface area (TPSA) is 38.3 Å². The number of fused-ring (bicyclic) bond motifs is 3. The second-order valence-electron chi connectivity index (χ2n) is 5.56. The molecule has 2 heterocycles. The van der Waals surface area contributed by atoms with Crippen LogP contribution in [0, 0.1) is 11.7 Å². The quantitative estimate of drug-likeness (QED) is 0.945. The third-order valence-corrected chi connectivity index (χ3v) is 5.23. The van der Waals surface area contributed by atoms with Crippen LogP contribution in [0.3, 0.4) is 0 Å². The summed E-state index contributed by atoms with van der Waals surface area (Å²) >= 11 is 1.62. The first-order valence-corrected chi connectivity index (χ1v) is 7.83. The molecular weight excluding hydrogens is 289 g/mol. The monoisotopic (exact) mass is 303 g/mol. The number of carbonyl (C=O) groups excluding carboxylic acids is 1. The zero-order valence-corrected chi connectivity index (χ0v) is 12.2. The first kappa shape index (κ1) is 12.8. The largest absolute Gasteiger partial charge is 0.489 e. The van der Waals surface area contributed by atoms with Crippen molar-refractivity contribution >= 4 is 17.2 Å². The van der Waals surface area contributed by atoms with Gasteiger partial charge in [0.1, 0.15) is 17.7 Å². The number of ether oxygens (including phenoxy) is 1. The Kier molecular flexibility index (Phi) is 2.79. The van der Waals surface area contributed by atoms with Crippen molar-refractivity contribution in [1.82, 2.24) is 5.32 Å². The molecule has 3 nitrogen and oxygen atoms in total. The maximum Gasteiger partial charge on any atom is 0.228 e. The lowest BCUT2D eigenvalue weighted by Crippen LogP contribution is -2.29. The molecule has 1 fully saturated rings. The highest BCUT2D eigenvalue weighted by Gasteiger charge is 2.62. The van der Waals surface area contributed by atoms with Crippen molar-refractivity contribution in [3.63, 3.8) is 0 Å². The van der Waals surface area contributed by atoms with Crippen molar-refractivity contribution < 1.29 is 13.9 Å². The fourth-order valence-corrected chi connectivity index (χ4v) is 3.80. The van der Waals surface area contributed by atoms with Crippen molar-refractivity contribution in [2.75, 3.05) is 0 Å². The van der Waals surface area contributed by atoms with Crippen molar-refractivity contribution in [2.45, 2.75) is 25.0 Å². The summed E-state index contributed by atoms with van der Waals surface area (Å²) in [6.45, 7) is 1.97. The molecule has 108 valence electrons. The van der Waals surface area contributed by atoms with E-state index in [1.54, 1.807) is 17.4 Å². The van der Waals surface area contributed by atoms with E-state index in [9.17, 15) is 9.18 Å². The molecule has 21 heavy (non-hydrogen) atoms. The van der Waals surface area contributed by atoms with Gasteiger partial charge >= 0.3 is 0 Å². The van der Waals surface area contributed by atoms with E-state index in [1.807, 2.05) is 24.4 Å². The highest BCUT2D eigenvalue weighted by atomic mass is 32.1. The average Bonchev–Trinajstić information content (AvgIpc) is 2.84. The van der Waals surface area contributed by atoms with Crippen LogP contribution in [0.4, 0.5) is 4.39 Å². The van der Waals surface area contributed by atoms with Crippen LogP contribution in [0.2, 0.25) is 0 Å². The van der Waals surface area contributed by atoms with Gasteiger partial charge in [-0.25, -0.2) is 4.39 Å². The van der Waals surface area contributed by atoms with Gasteiger partial charge in [-0.15, -0.1) is 11.3 Å². The lowest BCUT2D eigenvalue weighted by Gasteiger charge is -2.14. The van der Waals surface area contributed by atoms with E-state index in [0.29, 0.717) is 5.75 Å². The molecule has 1 saturated carbocycles. The van der Waals surface area contributed by atoms with Gasteiger partial charge in [0.2, 0.25) is 5.91 Å². The fourth-order valence-electron chi connectivity index (χ4n) is 3.06. The number of benzene rings is 1. The van der Waals surface area contributed by atoms with E-state index >= 15 is 0 Å². The van der Waals surface area contributed by atoms with Crippen molar-refractivity contribution in [3.8, 4) is 5.75 Å². The van der Waals surface area contributed by atoms with Gasteiger partial charge in [-0.2, -0.15) is 0 Å². The Morgan fingerprint density at radius 1 is 1.43 bits per heavy atom. The SMILES string of the molecule is CC(NC(=O)C1C2Oc3ccc(F)cc3C21)c1cccs1. The van der Waals surface area contributed by atoms with Crippen LogP contribution in [-0.4, -0.2) is 12.0 Å². The van der Waals surface area contributed by atoms with Crippen LogP contribution in [0.15, 0.2) is 35.7 Å². The first-order chi connectivity index (χ1) is 10.1. The fraction of sp³-hybridized carbons (Fsp3) is 0.312. The van der Waals surface area contributed by atoms with E-state index in [1.165, 1.54) is 12.1 Å². The Labute approximate surface area is 125 Å². The maximum absolute atomic E-state index is 13.3. The van der Waals surface area contributed by atoms with Crippen LogP contribution in [0.1, 0.15) is 29.3 Å². The minimum absolute atomic E-state index is 0.00577. The van der Waals surface area contributed by atoms with Crippen molar-refractivity contribution in [2.24, 2.45) is 5.92 Å². The number of rotatable bonds is 3. The van der Waals surface area contributed by atoms with Gasteiger partial charge in [0.05, 0.1) is 12.0 Å². The second kappa shape index (κ2) is 4.56. The average molecular weight is 303 g/mol. The number of amides is 1. The number of halogens is 1. The molecule has 2 aromatic rings. The molecule has 0 bridgehead atoms. The summed E-state index contributed by atoms with van der Waals surface area (Å²) in [6.07, 6.45) is -0.127. The van der Waals surface area contributed by atoms with Crippen LogP contribution in [0.25, 0.3) is 0 Å². The predicted molar refractivity (Wildman–Crippen MR) is 77.9 cm³/mol. The number of thiophene rings is 1. The van der Waals surface area contributed by atoms with E-state index in [2.05, 4.69) is 5.32 Å². The molecular formula is C16H14FNO2S. The minimum atomic E-state index is -0.281. The standard InChI is InChI=1S/C16H14FNO2S/c1-8(12-3-2-6-21-12)18-16(19)14-13-10-7-9(17)4-5-11(10)20-15(13)14/h2-8,13-15H,1H3,(H,18,19). The van der Waals surface area contributed by atoms with Gasteiger partial charge in [0, 0.05) is 16.4 Å². The smallest absolute Gasteiger partial charge is 0.228 e. The summed E-state index contributed by atoms with van der Waals surface area (Å²) in [5.41, 5.74) is 0.823. The summed E-state index contributed by atoms with van der Waals surface area (Å²) in [4.78, 5) is 13.5. The summed E-state index contributed by atoms with van der Waals surface area (Å²) < 4.78 is 19.0. The maximum atomic E-state index is 13.3. The van der Waals surface area contributed by atoms with E-state index in [-0.39, 0.29) is 35.7 Å². The Bertz CT molecular complexity index is 700. The Morgan fingerprint density at radius 2 is 2.29 bits per heavy atom. The molecule has 0 spiro atoms. The van der Waals surface area contributed by atoms with Gasteiger partial charge in [0.25, 0.3) is 0 Å². The highest BCUT2D eigenvalue weighted by molar-refractivity contribution is 7.10. The van der Waals surface area contributed by atoms with Gasteiger partial charge in [-0.3, -0.25) is 4.79 Å². The van der Waals surface area contributed by atoms with Gasteiger partial charge in [0.15, 0.2) is 0 Å².